The highest BCUT2D eigenvalue weighted by molar-refractivity contribution is 7.92. The minimum Gasteiger partial charge on any atom is -0.299 e. The fourth-order valence-electron chi connectivity index (χ4n) is 3.28. The number of sulfonamides is 1. The number of halogens is 1. The molecule has 1 saturated carbocycles. The molecule has 0 amide bonds. The van der Waals surface area contributed by atoms with Crippen LogP contribution < -0.4 is 4.72 Å². The van der Waals surface area contributed by atoms with Gasteiger partial charge in [0.25, 0.3) is 10.0 Å². The minimum atomic E-state index is -3.96. The number of pyridine rings is 1. The van der Waals surface area contributed by atoms with E-state index >= 15 is 0 Å². The van der Waals surface area contributed by atoms with E-state index in [4.69, 9.17) is 0 Å². The minimum absolute atomic E-state index is 0.199. The van der Waals surface area contributed by atoms with Gasteiger partial charge in [-0.25, -0.2) is 12.8 Å². The first-order chi connectivity index (χ1) is 12.9. The Morgan fingerprint density at radius 2 is 1.96 bits per heavy atom. The largest absolute Gasteiger partial charge is 0.299 e. The summed E-state index contributed by atoms with van der Waals surface area (Å²) < 4.78 is 37.3. The number of Topliss-reactive ketones (excluding diaryl/α,β-unsaturated/α-hetero) is 1. The Balaban J connectivity index is 1.65. The highest BCUT2D eigenvalue weighted by atomic mass is 32.2. The summed E-state index contributed by atoms with van der Waals surface area (Å²) in [7, 11) is -3.96. The van der Waals surface area contributed by atoms with Gasteiger partial charge in [0, 0.05) is 35.7 Å². The van der Waals surface area contributed by atoms with Gasteiger partial charge in [0.1, 0.15) is 5.78 Å². The van der Waals surface area contributed by atoms with Gasteiger partial charge in [0.15, 0.2) is 0 Å². The maximum absolute atomic E-state index is 12.5. The van der Waals surface area contributed by atoms with Gasteiger partial charge in [0.2, 0.25) is 6.01 Å². The quantitative estimate of drug-likeness (QED) is 0.790. The van der Waals surface area contributed by atoms with Crippen molar-refractivity contribution < 1.29 is 17.6 Å². The second-order valence-electron chi connectivity index (χ2n) is 6.95. The van der Waals surface area contributed by atoms with Crippen LogP contribution in [-0.4, -0.2) is 25.2 Å². The predicted molar refractivity (Wildman–Crippen MR) is 102 cm³/mol. The number of allylic oxidation sites excluding steroid dienone is 1. The van der Waals surface area contributed by atoms with Crippen LogP contribution in [0.1, 0.15) is 29.8 Å². The maximum atomic E-state index is 12.5. The predicted octanol–water partition coefficient (Wildman–Crippen LogP) is 3.51. The Labute approximate surface area is 157 Å². The fourth-order valence-corrected chi connectivity index (χ4v) is 3.83. The van der Waals surface area contributed by atoms with E-state index in [-0.39, 0.29) is 11.7 Å². The molecule has 1 aromatic carbocycles. The fraction of sp³-hybridized carbons (Fsp3) is 0.300. The van der Waals surface area contributed by atoms with Crippen molar-refractivity contribution in [2.45, 2.75) is 25.7 Å². The van der Waals surface area contributed by atoms with Crippen LogP contribution in [0.2, 0.25) is 0 Å². The zero-order valence-corrected chi connectivity index (χ0v) is 15.4. The Hall–Kier alpha value is -2.54. The highest BCUT2D eigenvalue weighted by Gasteiger charge is 2.30. The molecule has 2 aliphatic carbocycles. The summed E-state index contributed by atoms with van der Waals surface area (Å²) in [5.74, 6) is 0.444. The first-order valence-electron chi connectivity index (χ1n) is 8.84. The highest BCUT2D eigenvalue weighted by Crippen LogP contribution is 2.34. The van der Waals surface area contributed by atoms with Crippen molar-refractivity contribution in [2.75, 3.05) is 10.7 Å². The number of hydrogen-bond donors (Lipinski definition) is 1. The Morgan fingerprint density at radius 3 is 2.63 bits per heavy atom. The van der Waals surface area contributed by atoms with Crippen molar-refractivity contribution in [3.8, 4) is 11.1 Å². The van der Waals surface area contributed by atoms with Gasteiger partial charge in [-0.1, -0.05) is 24.3 Å². The molecule has 27 heavy (non-hydrogen) atoms. The smallest absolute Gasteiger partial charge is 0.262 e. The average molecular weight is 386 g/mol. The summed E-state index contributed by atoms with van der Waals surface area (Å²) in [6, 6.07) is 7.24. The SMILES string of the molecule is O=C(Cc1cc(-c2ccc(NS(=O)(=O)CF)cc2)c2c(n1)CC=C2)C1CC1. The molecule has 0 bridgehead atoms. The van der Waals surface area contributed by atoms with Crippen LogP contribution in [0.25, 0.3) is 17.2 Å². The molecule has 0 radical (unpaired) electrons. The zero-order valence-electron chi connectivity index (χ0n) is 14.6. The molecular formula is C20H19FN2O3S. The van der Waals surface area contributed by atoms with Crippen LogP contribution in [0.4, 0.5) is 10.1 Å². The van der Waals surface area contributed by atoms with E-state index in [0.29, 0.717) is 12.1 Å². The summed E-state index contributed by atoms with van der Waals surface area (Å²) in [5.41, 5.74) is 4.91. The monoisotopic (exact) mass is 386 g/mol. The van der Waals surface area contributed by atoms with E-state index in [1.807, 2.05) is 18.2 Å². The molecule has 4 rings (SSSR count). The number of aromatic nitrogens is 1. The molecule has 2 aromatic rings. The second-order valence-corrected chi connectivity index (χ2v) is 8.60. The van der Waals surface area contributed by atoms with Crippen LogP contribution in [0, 0.1) is 5.92 Å². The number of fused-ring (bicyclic) bond motifs is 1. The number of anilines is 1. The molecule has 1 N–H and O–H groups in total. The van der Waals surface area contributed by atoms with Crippen molar-refractivity contribution >= 4 is 27.6 Å². The number of nitrogens with one attached hydrogen (secondary N) is 1. The molecule has 1 heterocycles. The normalized spacial score (nSPS) is 15.6. The van der Waals surface area contributed by atoms with Gasteiger partial charge in [-0.2, -0.15) is 0 Å². The number of alkyl halides is 1. The number of hydrogen-bond acceptors (Lipinski definition) is 4. The van der Waals surface area contributed by atoms with Crippen molar-refractivity contribution in [1.82, 2.24) is 4.98 Å². The third-order valence-corrected chi connectivity index (χ3v) is 5.62. The first kappa shape index (κ1) is 17.9. The van der Waals surface area contributed by atoms with Gasteiger partial charge in [-0.15, -0.1) is 0 Å². The molecule has 2 aliphatic rings. The van der Waals surface area contributed by atoms with Crippen LogP contribution in [-0.2, 0) is 27.7 Å². The number of carbonyl (C=O) groups is 1. The van der Waals surface area contributed by atoms with E-state index in [1.165, 1.54) is 0 Å². The summed E-state index contributed by atoms with van der Waals surface area (Å²) in [6.07, 6.45) is 7.10. The molecule has 0 saturated heterocycles. The Morgan fingerprint density at radius 1 is 1.22 bits per heavy atom. The van der Waals surface area contributed by atoms with Crippen LogP contribution in [0.15, 0.2) is 36.4 Å². The molecule has 1 aromatic heterocycles. The van der Waals surface area contributed by atoms with Gasteiger partial charge in [0.05, 0.1) is 5.69 Å². The van der Waals surface area contributed by atoms with Crippen LogP contribution in [0.3, 0.4) is 0 Å². The number of ketones is 1. The van der Waals surface area contributed by atoms with Gasteiger partial charge < -0.3 is 0 Å². The third-order valence-electron chi connectivity index (χ3n) is 4.79. The van der Waals surface area contributed by atoms with Crippen LogP contribution in [0.5, 0.6) is 0 Å². The van der Waals surface area contributed by atoms with Crippen molar-refractivity contribution in [3.63, 3.8) is 0 Å². The van der Waals surface area contributed by atoms with Crippen LogP contribution >= 0.6 is 0 Å². The molecule has 140 valence electrons. The molecule has 0 atom stereocenters. The number of benzene rings is 1. The number of nitrogens with zero attached hydrogens (tertiary/aromatic N) is 1. The molecule has 7 heteroatoms. The second kappa shape index (κ2) is 6.88. The summed E-state index contributed by atoms with van der Waals surface area (Å²) in [6.45, 7) is 0. The molecule has 0 unspecified atom stereocenters. The number of carbonyl (C=O) groups excluding carboxylic acids is 1. The summed E-state index contributed by atoms with van der Waals surface area (Å²) >= 11 is 0. The number of rotatable bonds is 7. The van der Waals surface area contributed by atoms with Crippen molar-refractivity contribution in [1.29, 1.82) is 0 Å². The molecular weight excluding hydrogens is 367 g/mol. The standard InChI is InChI=1S/C20H19FN2O3S/c21-12-27(25,26)23-15-8-6-13(7-9-15)18-10-16(11-20(24)14-4-5-14)22-19-3-1-2-17(18)19/h1-2,6-10,14,23H,3-5,11-12H2. The van der Waals surface area contributed by atoms with Crippen molar-refractivity contribution in [3.05, 3.63) is 53.4 Å². The summed E-state index contributed by atoms with van der Waals surface area (Å²) in [4.78, 5) is 16.8. The third kappa shape index (κ3) is 3.93. The maximum Gasteiger partial charge on any atom is 0.262 e. The Bertz CT molecular complexity index is 1030. The average Bonchev–Trinajstić information content (AvgIpc) is 3.40. The van der Waals surface area contributed by atoms with E-state index in [9.17, 15) is 17.6 Å². The van der Waals surface area contributed by atoms with Crippen molar-refractivity contribution in [2.24, 2.45) is 5.92 Å². The van der Waals surface area contributed by atoms with E-state index < -0.39 is 16.0 Å². The van der Waals surface area contributed by atoms with E-state index in [2.05, 4.69) is 9.71 Å². The first-order valence-corrected chi connectivity index (χ1v) is 10.5. The van der Waals surface area contributed by atoms with E-state index in [0.717, 1.165) is 47.3 Å². The molecule has 1 fully saturated rings. The lowest BCUT2D eigenvalue weighted by molar-refractivity contribution is -0.119. The topological polar surface area (TPSA) is 76.1 Å². The Kier molecular flexibility index (Phi) is 4.55. The van der Waals surface area contributed by atoms with Gasteiger partial charge >= 0.3 is 0 Å². The lowest BCUT2D eigenvalue weighted by atomic mass is 9.97. The van der Waals surface area contributed by atoms with E-state index in [1.54, 1.807) is 24.3 Å². The summed E-state index contributed by atoms with van der Waals surface area (Å²) in [5, 5.41) is 0. The lowest BCUT2D eigenvalue weighted by Gasteiger charge is -2.12. The zero-order chi connectivity index (χ0) is 19.0. The molecule has 5 nitrogen and oxygen atoms in total. The molecule has 0 aliphatic heterocycles. The van der Waals surface area contributed by atoms with Gasteiger partial charge in [-0.3, -0.25) is 14.5 Å². The van der Waals surface area contributed by atoms with Gasteiger partial charge in [-0.05, 0) is 42.2 Å². The lowest BCUT2D eigenvalue weighted by Crippen LogP contribution is -2.13. The molecule has 0 spiro atoms.